The highest BCUT2D eigenvalue weighted by atomic mass is 16.5. The minimum Gasteiger partial charge on any atom is -0.465 e. The summed E-state index contributed by atoms with van der Waals surface area (Å²) in [7, 11) is 3.20. The van der Waals surface area contributed by atoms with Crippen molar-refractivity contribution < 1.29 is 14.3 Å². The Morgan fingerprint density at radius 2 is 1.93 bits per heavy atom. The summed E-state index contributed by atoms with van der Waals surface area (Å²) in [5.74, 6) is 0.301. The lowest BCUT2D eigenvalue weighted by molar-refractivity contribution is 0.0391. The Labute approximate surface area is 165 Å². The minimum absolute atomic E-state index is 0.0585. The van der Waals surface area contributed by atoms with Crippen LogP contribution in [0, 0.1) is 5.92 Å². The molecule has 2 aromatic rings. The lowest BCUT2D eigenvalue weighted by Crippen LogP contribution is -2.49. The Balaban J connectivity index is 1.69. The summed E-state index contributed by atoms with van der Waals surface area (Å²) in [4.78, 5) is 27.5. The molecule has 1 aromatic heterocycles. The van der Waals surface area contributed by atoms with Gasteiger partial charge >= 0.3 is 5.97 Å². The van der Waals surface area contributed by atoms with Crippen LogP contribution in [0.2, 0.25) is 0 Å². The van der Waals surface area contributed by atoms with Crippen LogP contribution in [0.5, 0.6) is 0 Å². The van der Waals surface area contributed by atoms with Gasteiger partial charge in [0.2, 0.25) is 0 Å². The average molecular weight is 381 g/mol. The Hall–Kier alpha value is -2.63. The number of likely N-dealkylation sites (tertiary alicyclic amines) is 1. The molecule has 6 heteroatoms. The van der Waals surface area contributed by atoms with Crippen molar-refractivity contribution in [1.82, 2.24) is 14.7 Å². The van der Waals surface area contributed by atoms with Gasteiger partial charge in [0.15, 0.2) is 0 Å². The number of methoxy groups -OCH3 is 1. The first-order chi connectivity index (χ1) is 13.6. The number of nitrogens with zero attached hydrogens (tertiary/aromatic N) is 3. The summed E-state index contributed by atoms with van der Waals surface area (Å²) in [6.45, 7) is 0.816. The van der Waals surface area contributed by atoms with E-state index in [4.69, 9.17) is 4.74 Å². The lowest BCUT2D eigenvalue weighted by atomic mass is 9.78. The topological polar surface area (TPSA) is 64.4 Å². The summed E-state index contributed by atoms with van der Waals surface area (Å²) in [6, 6.07) is 7.54. The zero-order valence-electron chi connectivity index (χ0n) is 16.6. The molecule has 4 rings (SSSR count). The molecule has 1 aromatic carbocycles. The molecule has 2 aliphatic rings. The van der Waals surface area contributed by atoms with Crippen molar-refractivity contribution in [1.29, 1.82) is 0 Å². The first-order valence-electron chi connectivity index (χ1n) is 10.1. The van der Waals surface area contributed by atoms with E-state index >= 15 is 0 Å². The number of fused-ring (bicyclic) bond motifs is 1. The van der Waals surface area contributed by atoms with E-state index in [1.54, 1.807) is 29.1 Å². The van der Waals surface area contributed by atoms with Crippen LogP contribution >= 0.6 is 0 Å². The first-order valence-corrected chi connectivity index (χ1v) is 10.1. The van der Waals surface area contributed by atoms with E-state index in [0.29, 0.717) is 23.1 Å². The highest BCUT2D eigenvalue weighted by Crippen LogP contribution is 2.37. The molecule has 2 unspecified atom stereocenters. The highest BCUT2D eigenvalue weighted by Gasteiger charge is 2.37. The van der Waals surface area contributed by atoms with Crippen LogP contribution < -0.4 is 0 Å². The molecule has 1 aliphatic heterocycles. The van der Waals surface area contributed by atoms with Crippen molar-refractivity contribution in [2.24, 2.45) is 13.0 Å². The van der Waals surface area contributed by atoms with Crippen molar-refractivity contribution in [3.63, 3.8) is 0 Å². The number of piperidine rings is 1. The fraction of sp³-hybridized carbons (Fsp3) is 0.500. The largest absolute Gasteiger partial charge is 0.465 e. The third-order valence-corrected chi connectivity index (χ3v) is 6.23. The smallest absolute Gasteiger partial charge is 0.337 e. The summed E-state index contributed by atoms with van der Waals surface area (Å²) in [6.07, 6.45) is 8.78. The molecule has 2 atom stereocenters. The molecule has 1 saturated heterocycles. The standard InChI is InChI=1S/C22H27N3O3/c1-24-20(16-8-5-9-17(13-16)22(27)28-2)18(14-23-24)21(26)25-12-6-10-15-7-3-4-11-19(15)25/h5,8-9,13-15,19H,3-4,6-7,10-12H2,1-2H3. The quantitative estimate of drug-likeness (QED) is 0.761. The van der Waals surface area contributed by atoms with Gasteiger partial charge in [-0.05, 0) is 43.7 Å². The van der Waals surface area contributed by atoms with Crippen LogP contribution in [-0.4, -0.2) is 46.3 Å². The van der Waals surface area contributed by atoms with Crippen LogP contribution in [0.1, 0.15) is 59.2 Å². The average Bonchev–Trinajstić information content (AvgIpc) is 3.13. The third-order valence-electron chi connectivity index (χ3n) is 6.23. The SMILES string of the molecule is COC(=O)c1cccc(-c2c(C(=O)N3CCCC4CCCCC43)cnn2C)c1. The van der Waals surface area contributed by atoms with Crippen LogP contribution in [0.25, 0.3) is 11.3 Å². The lowest BCUT2D eigenvalue weighted by Gasteiger charge is -2.44. The van der Waals surface area contributed by atoms with Gasteiger partial charge in [-0.2, -0.15) is 5.10 Å². The molecule has 148 valence electrons. The molecule has 0 N–H and O–H groups in total. The van der Waals surface area contributed by atoms with Crippen molar-refractivity contribution in [3.05, 3.63) is 41.6 Å². The predicted molar refractivity (Wildman–Crippen MR) is 106 cm³/mol. The number of carbonyl (C=O) groups is 2. The third kappa shape index (κ3) is 3.32. The molecule has 1 saturated carbocycles. The van der Waals surface area contributed by atoms with Gasteiger partial charge in [-0.1, -0.05) is 25.0 Å². The van der Waals surface area contributed by atoms with Crippen LogP contribution in [-0.2, 0) is 11.8 Å². The number of aromatic nitrogens is 2. The fourth-order valence-electron chi connectivity index (χ4n) is 4.88. The number of hydrogen-bond donors (Lipinski definition) is 0. The van der Waals surface area contributed by atoms with Gasteiger partial charge in [-0.3, -0.25) is 9.48 Å². The van der Waals surface area contributed by atoms with E-state index in [-0.39, 0.29) is 5.91 Å². The molecule has 1 aliphatic carbocycles. The van der Waals surface area contributed by atoms with Crippen molar-refractivity contribution in [2.75, 3.05) is 13.7 Å². The van der Waals surface area contributed by atoms with E-state index < -0.39 is 5.97 Å². The second-order valence-corrected chi connectivity index (χ2v) is 7.86. The summed E-state index contributed by atoms with van der Waals surface area (Å²) < 4.78 is 6.55. The van der Waals surface area contributed by atoms with E-state index in [9.17, 15) is 9.59 Å². The Morgan fingerprint density at radius 1 is 1.14 bits per heavy atom. The molecule has 2 heterocycles. The Morgan fingerprint density at radius 3 is 2.75 bits per heavy atom. The van der Waals surface area contributed by atoms with Gasteiger partial charge in [0, 0.05) is 25.2 Å². The molecule has 1 amide bonds. The number of hydrogen-bond acceptors (Lipinski definition) is 4. The molecule has 0 bridgehead atoms. The number of aryl methyl sites for hydroxylation is 1. The van der Waals surface area contributed by atoms with Gasteiger partial charge < -0.3 is 9.64 Å². The second-order valence-electron chi connectivity index (χ2n) is 7.86. The normalized spacial score (nSPS) is 21.9. The molecular weight excluding hydrogens is 354 g/mol. The monoisotopic (exact) mass is 381 g/mol. The summed E-state index contributed by atoms with van der Waals surface area (Å²) in [5, 5.41) is 4.36. The number of rotatable bonds is 3. The van der Waals surface area contributed by atoms with Gasteiger partial charge in [-0.15, -0.1) is 0 Å². The van der Waals surface area contributed by atoms with Crippen molar-refractivity contribution in [2.45, 2.75) is 44.6 Å². The molecule has 0 radical (unpaired) electrons. The molecule has 28 heavy (non-hydrogen) atoms. The maximum Gasteiger partial charge on any atom is 0.337 e. The van der Waals surface area contributed by atoms with E-state index in [2.05, 4.69) is 10.00 Å². The van der Waals surface area contributed by atoms with Crippen LogP contribution in [0.4, 0.5) is 0 Å². The van der Waals surface area contributed by atoms with E-state index in [1.807, 2.05) is 13.1 Å². The maximum atomic E-state index is 13.5. The molecule has 0 spiro atoms. The Bertz CT molecular complexity index is 887. The van der Waals surface area contributed by atoms with Crippen LogP contribution in [0.15, 0.2) is 30.5 Å². The van der Waals surface area contributed by atoms with E-state index in [0.717, 1.165) is 30.6 Å². The van der Waals surface area contributed by atoms with Crippen molar-refractivity contribution >= 4 is 11.9 Å². The summed E-state index contributed by atoms with van der Waals surface area (Å²) in [5.41, 5.74) is 2.61. The number of esters is 1. The Kier molecular flexibility index (Phi) is 5.20. The van der Waals surface area contributed by atoms with E-state index in [1.165, 1.54) is 32.8 Å². The minimum atomic E-state index is -0.391. The molecular formula is C22H27N3O3. The van der Waals surface area contributed by atoms with Crippen LogP contribution in [0.3, 0.4) is 0 Å². The zero-order valence-corrected chi connectivity index (χ0v) is 16.6. The maximum absolute atomic E-state index is 13.5. The van der Waals surface area contributed by atoms with Crippen molar-refractivity contribution in [3.8, 4) is 11.3 Å². The van der Waals surface area contributed by atoms with Gasteiger partial charge in [0.05, 0.1) is 30.1 Å². The number of benzene rings is 1. The zero-order chi connectivity index (χ0) is 19.7. The van der Waals surface area contributed by atoms with Gasteiger partial charge in [0.25, 0.3) is 5.91 Å². The molecule has 6 nitrogen and oxygen atoms in total. The number of amides is 1. The second kappa shape index (κ2) is 7.78. The number of carbonyl (C=O) groups excluding carboxylic acids is 2. The number of ether oxygens (including phenoxy) is 1. The highest BCUT2D eigenvalue weighted by molar-refractivity contribution is 6.01. The summed E-state index contributed by atoms with van der Waals surface area (Å²) >= 11 is 0. The van der Waals surface area contributed by atoms with Gasteiger partial charge in [-0.25, -0.2) is 4.79 Å². The predicted octanol–water partition coefficient (Wildman–Crippen LogP) is 3.67. The molecule has 2 fully saturated rings. The first kappa shape index (κ1) is 18.7. The van der Waals surface area contributed by atoms with Gasteiger partial charge in [0.1, 0.15) is 0 Å². The fourth-order valence-corrected chi connectivity index (χ4v) is 4.88.